The molecule has 0 saturated carbocycles. The molecule has 1 aromatic carbocycles. The molecule has 0 amide bonds. The van der Waals surface area contributed by atoms with Crippen molar-refractivity contribution in [1.29, 1.82) is 0 Å². The van der Waals surface area contributed by atoms with E-state index in [0.29, 0.717) is 17.1 Å². The van der Waals surface area contributed by atoms with Gasteiger partial charge in [0.05, 0.1) is 5.56 Å². The fourth-order valence-electron chi connectivity index (χ4n) is 1.83. The number of ether oxygens (including phenoxy) is 1. The van der Waals surface area contributed by atoms with Gasteiger partial charge in [0, 0.05) is 17.0 Å². The largest absolute Gasteiger partial charge is 0.508 e. The van der Waals surface area contributed by atoms with Gasteiger partial charge in [-0.05, 0) is 36.1 Å². The first-order chi connectivity index (χ1) is 8.65. The van der Waals surface area contributed by atoms with Crippen LogP contribution in [-0.2, 0) is 0 Å². The number of hydrogen-bond donors (Lipinski definition) is 1. The third-order valence-electron chi connectivity index (χ3n) is 2.82. The molecule has 2 aromatic rings. The van der Waals surface area contributed by atoms with Crippen molar-refractivity contribution in [1.82, 2.24) is 0 Å². The van der Waals surface area contributed by atoms with E-state index in [1.54, 1.807) is 23.5 Å². The van der Waals surface area contributed by atoms with E-state index < -0.39 is 0 Å². The maximum atomic E-state index is 12.1. The number of phenolic OH excluding ortho intramolecular Hbond substituents is 1. The van der Waals surface area contributed by atoms with Crippen molar-refractivity contribution in [3.8, 4) is 11.5 Å². The number of phenols is 1. The molecule has 0 saturated heterocycles. The summed E-state index contributed by atoms with van der Waals surface area (Å²) in [5.41, 5.74) is 1.61. The van der Waals surface area contributed by atoms with Crippen LogP contribution in [0.15, 0.2) is 35.4 Å². The van der Waals surface area contributed by atoms with Crippen LogP contribution in [0.5, 0.6) is 11.5 Å². The summed E-state index contributed by atoms with van der Waals surface area (Å²) < 4.78 is 5.49. The lowest BCUT2D eigenvalue weighted by Crippen LogP contribution is -1.97. The lowest BCUT2D eigenvalue weighted by atomic mass is 10.1. The summed E-state index contributed by atoms with van der Waals surface area (Å²) in [5.74, 6) is 0.675. The number of Topliss-reactive ketones (excluding diaryl/α,β-unsaturated/α-hetero) is 1. The van der Waals surface area contributed by atoms with Crippen LogP contribution in [0, 0.1) is 6.92 Å². The molecule has 90 valence electrons. The van der Waals surface area contributed by atoms with Crippen molar-refractivity contribution in [2.24, 2.45) is 0 Å². The topological polar surface area (TPSA) is 46.5 Å². The highest BCUT2D eigenvalue weighted by molar-refractivity contribution is 7.11. The van der Waals surface area contributed by atoms with E-state index in [9.17, 15) is 9.90 Å². The third-order valence-corrected chi connectivity index (χ3v) is 3.78. The SMILES string of the molecule is Cc1ccsc1/C=C1/Oc2cc(O)ccc2C1=O. The number of aromatic hydroxyl groups is 1. The van der Waals surface area contributed by atoms with E-state index in [0.717, 1.165) is 10.4 Å². The number of thiophene rings is 1. The van der Waals surface area contributed by atoms with Crippen molar-refractivity contribution < 1.29 is 14.6 Å². The minimum atomic E-state index is -0.141. The molecule has 1 N–H and O–H groups in total. The highest BCUT2D eigenvalue weighted by Crippen LogP contribution is 2.35. The van der Waals surface area contributed by atoms with E-state index in [4.69, 9.17) is 4.74 Å². The maximum absolute atomic E-state index is 12.1. The Kier molecular flexibility index (Phi) is 2.45. The Labute approximate surface area is 108 Å². The predicted octanol–water partition coefficient (Wildman–Crippen LogP) is 3.38. The molecular formula is C14H10O3S. The summed E-state index contributed by atoms with van der Waals surface area (Å²) in [4.78, 5) is 13.1. The Morgan fingerprint density at radius 2 is 2.17 bits per heavy atom. The van der Waals surface area contributed by atoms with Crippen molar-refractivity contribution in [3.05, 3.63) is 51.4 Å². The molecule has 3 nitrogen and oxygen atoms in total. The van der Waals surface area contributed by atoms with Crippen LogP contribution in [-0.4, -0.2) is 10.9 Å². The quantitative estimate of drug-likeness (QED) is 0.798. The first-order valence-corrected chi connectivity index (χ1v) is 6.34. The van der Waals surface area contributed by atoms with E-state index >= 15 is 0 Å². The molecule has 1 aliphatic rings. The second-order valence-corrected chi connectivity index (χ2v) is 5.04. The zero-order valence-corrected chi connectivity index (χ0v) is 10.5. The summed E-state index contributed by atoms with van der Waals surface area (Å²) in [6.07, 6.45) is 1.75. The normalized spacial score (nSPS) is 15.8. The van der Waals surface area contributed by atoms with Crippen LogP contribution in [0.3, 0.4) is 0 Å². The molecule has 0 aliphatic carbocycles. The van der Waals surface area contributed by atoms with Gasteiger partial charge in [0.1, 0.15) is 11.5 Å². The van der Waals surface area contributed by atoms with Gasteiger partial charge in [-0.15, -0.1) is 11.3 Å². The van der Waals surface area contributed by atoms with Crippen LogP contribution in [0.1, 0.15) is 20.8 Å². The number of allylic oxidation sites excluding steroid dienone is 1. The number of ketones is 1. The van der Waals surface area contributed by atoms with Gasteiger partial charge < -0.3 is 9.84 Å². The molecule has 18 heavy (non-hydrogen) atoms. The van der Waals surface area contributed by atoms with Crippen molar-refractivity contribution >= 4 is 23.2 Å². The van der Waals surface area contributed by atoms with Crippen LogP contribution < -0.4 is 4.74 Å². The molecule has 0 atom stereocenters. The standard InChI is InChI=1S/C14H10O3S/c1-8-4-5-18-13(8)7-12-14(16)10-3-2-9(15)6-11(10)17-12/h2-7,15H,1H3/b12-7+. The van der Waals surface area contributed by atoms with Crippen molar-refractivity contribution in [2.75, 3.05) is 0 Å². The second kappa shape index (κ2) is 3.99. The van der Waals surface area contributed by atoms with E-state index in [1.807, 2.05) is 18.4 Å². The fourth-order valence-corrected chi connectivity index (χ4v) is 2.67. The Morgan fingerprint density at radius 3 is 2.89 bits per heavy atom. The lowest BCUT2D eigenvalue weighted by Gasteiger charge is -1.98. The van der Waals surface area contributed by atoms with Gasteiger partial charge in [0.2, 0.25) is 5.78 Å². The summed E-state index contributed by atoms with van der Waals surface area (Å²) in [6, 6.07) is 6.51. The highest BCUT2D eigenvalue weighted by atomic mass is 32.1. The summed E-state index contributed by atoms with van der Waals surface area (Å²) in [6.45, 7) is 1.99. The molecule has 0 radical (unpaired) electrons. The summed E-state index contributed by atoms with van der Waals surface area (Å²) >= 11 is 1.56. The molecule has 0 unspecified atom stereocenters. The molecule has 0 bridgehead atoms. The van der Waals surface area contributed by atoms with Gasteiger partial charge in [-0.25, -0.2) is 0 Å². The average Bonchev–Trinajstić information content (AvgIpc) is 2.86. The van der Waals surface area contributed by atoms with Gasteiger partial charge in [0.15, 0.2) is 5.76 Å². The number of hydrogen-bond acceptors (Lipinski definition) is 4. The lowest BCUT2D eigenvalue weighted by molar-refractivity contribution is 0.101. The molecule has 1 aliphatic heterocycles. The zero-order valence-electron chi connectivity index (χ0n) is 9.64. The predicted molar refractivity (Wildman–Crippen MR) is 70.1 cm³/mol. The van der Waals surface area contributed by atoms with Crippen LogP contribution in [0.25, 0.3) is 6.08 Å². The number of carbonyl (C=O) groups is 1. The second-order valence-electron chi connectivity index (χ2n) is 4.09. The first kappa shape index (κ1) is 11.0. The minimum Gasteiger partial charge on any atom is -0.508 e. The Hall–Kier alpha value is -2.07. The summed E-state index contributed by atoms with van der Waals surface area (Å²) in [7, 11) is 0. The van der Waals surface area contributed by atoms with Gasteiger partial charge in [-0.1, -0.05) is 0 Å². The number of aryl methyl sites for hydroxylation is 1. The molecule has 3 rings (SSSR count). The smallest absolute Gasteiger partial charge is 0.232 e. The fraction of sp³-hybridized carbons (Fsp3) is 0.0714. The molecule has 4 heteroatoms. The Morgan fingerprint density at radius 1 is 1.33 bits per heavy atom. The van der Waals surface area contributed by atoms with Gasteiger partial charge in [0.25, 0.3) is 0 Å². The van der Waals surface area contributed by atoms with Crippen molar-refractivity contribution in [2.45, 2.75) is 6.92 Å². The molecule has 0 spiro atoms. The van der Waals surface area contributed by atoms with Gasteiger partial charge in [-0.3, -0.25) is 4.79 Å². The number of rotatable bonds is 1. The van der Waals surface area contributed by atoms with Crippen LogP contribution in [0.2, 0.25) is 0 Å². The first-order valence-electron chi connectivity index (χ1n) is 5.46. The van der Waals surface area contributed by atoms with Gasteiger partial charge in [-0.2, -0.15) is 0 Å². The Balaban J connectivity index is 2.02. The highest BCUT2D eigenvalue weighted by Gasteiger charge is 2.27. The number of benzene rings is 1. The van der Waals surface area contributed by atoms with Crippen LogP contribution >= 0.6 is 11.3 Å². The number of fused-ring (bicyclic) bond motifs is 1. The molecular weight excluding hydrogens is 248 g/mol. The van der Waals surface area contributed by atoms with Gasteiger partial charge >= 0.3 is 0 Å². The summed E-state index contributed by atoms with van der Waals surface area (Å²) in [5, 5.41) is 11.3. The van der Waals surface area contributed by atoms with E-state index in [1.165, 1.54) is 12.1 Å². The van der Waals surface area contributed by atoms with E-state index in [2.05, 4.69) is 0 Å². The van der Waals surface area contributed by atoms with E-state index in [-0.39, 0.29) is 11.5 Å². The third kappa shape index (κ3) is 1.71. The molecule has 1 aromatic heterocycles. The monoisotopic (exact) mass is 258 g/mol. The van der Waals surface area contributed by atoms with Crippen molar-refractivity contribution in [3.63, 3.8) is 0 Å². The Bertz CT molecular complexity index is 667. The number of carbonyl (C=O) groups excluding carboxylic acids is 1. The van der Waals surface area contributed by atoms with Crippen LogP contribution in [0.4, 0.5) is 0 Å². The zero-order chi connectivity index (χ0) is 12.7. The molecule has 2 heterocycles. The maximum Gasteiger partial charge on any atom is 0.232 e. The molecule has 0 fully saturated rings. The average molecular weight is 258 g/mol. The minimum absolute atomic E-state index is 0.0927.